The molecule has 2 aromatic carbocycles. The van der Waals surface area contributed by atoms with E-state index in [0.717, 1.165) is 10.9 Å². The van der Waals surface area contributed by atoms with Crippen LogP contribution >= 0.6 is 0 Å². The van der Waals surface area contributed by atoms with Crippen molar-refractivity contribution in [2.24, 2.45) is 0 Å². The molecule has 0 amide bonds. The zero-order valence-corrected chi connectivity index (χ0v) is 17.5. The van der Waals surface area contributed by atoms with E-state index in [0.29, 0.717) is 37.3 Å². The fourth-order valence-corrected chi connectivity index (χ4v) is 5.21. The van der Waals surface area contributed by atoms with E-state index in [1.807, 2.05) is 29.2 Å². The highest BCUT2D eigenvalue weighted by molar-refractivity contribution is 7.89. The van der Waals surface area contributed by atoms with Crippen LogP contribution in [0.3, 0.4) is 0 Å². The molecule has 0 aliphatic carbocycles. The van der Waals surface area contributed by atoms with Gasteiger partial charge in [0.15, 0.2) is 11.6 Å². The minimum atomic E-state index is -3.68. The Morgan fingerprint density at radius 3 is 2.47 bits per heavy atom. The summed E-state index contributed by atoms with van der Waals surface area (Å²) in [5, 5.41) is 0.897. The number of sulfonamides is 1. The minimum absolute atomic E-state index is 0.0120. The molecule has 1 N–H and O–H groups in total. The summed E-state index contributed by atoms with van der Waals surface area (Å²) in [4.78, 5) is 29.6. The van der Waals surface area contributed by atoms with Crippen molar-refractivity contribution in [3.8, 4) is 0 Å². The van der Waals surface area contributed by atoms with Gasteiger partial charge in [-0.05, 0) is 25.1 Å². The number of aromatic nitrogens is 1. The first-order valence-corrected chi connectivity index (χ1v) is 11.2. The van der Waals surface area contributed by atoms with Crippen LogP contribution in [0.5, 0.6) is 0 Å². The Morgan fingerprint density at radius 2 is 1.73 bits per heavy atom. The van der Waals surface area contributed by atoms with E-state index >= 15 is 0 Å². The lowest BCUT2D eigenvalue weighted by Crippen LogP contribution is -2.49. The molecule has 1 saturated heterocycles. The molecule has 2 heterocycles. The summed E-state index contributed by atoms with van der Waals surface area (Å²) >= 11 is 0. The first-order chi connectivity index (χ1) is 14.4. The van der Waals surface area contributed by atoms with Crippen LogP contribution in [0, 0.1) is 0 Å². The van der Waals surface area contributed by atoms with Crippen molar-refractivity contribution in [3.63, 3.8) is 0 Å². The van der Waals surface area contributed by atoms with Gasteiger partial charge in [0, 0.05) is 54.4 Å². The molecule has 0 saturated carbocycles. The Labute approximate surface area is 175 Å². The van der Waals surface area contributed by atoms with Crippen LogP contribution in [0.2, 0.25) is 0 Å². The van der Waals surface area contributed by atoms with Gasteiger partial charge in [0.25, 0.3) is 0 Å². The summed E-state index contributed by atoms with van der Waals surface area (Å²) in [6.45, 7) is 3.20. The van der Waals surface area contributed by atoms with Crippen molar-refractivity contribution in [2.75, 3.05) is 32.7 Å². The number of carbonyl (C=O) groups excluding carboxylic acids is 2. The van der Waals surface area contributed by atoms with Gasteiger partial charge in [0.1, 0.15) is 0 Å². The number of rotatable bonds is 6. The van der Waals surface area contributed by atoms with Gasteiger partial charge in [-0.15, -0.1) is 0 Å². The summed E-state index contributed by atoms with van der Waals surface area (Å²) in [5.74, 6) is -0.162. The molecule has 1 aromatic heterocycles. The molecule has 7 nitrogen and oxygen atoms in total. The number of Topliss-reactive ketones (excluding diaryl/α,β-unsaturated/α-hetero) is 2. The predicted molar refractivity (Wildman–Crippen MR) is 114 cm³/mol. The molecule has 156 valence electrons. The fourth-order valence-electron chi connectivity index (χ4n) is 3.74. The average molecular weight is 426 g/mol. The number of nitrogens with zero attached hydrogens (tertiary/aromatic N) is 2. The van der Waals surface area contributed by atoms with E-state index in [1.165, 1.54) is 23.4 Å². The number of H-pyrrole nitrogens is 1. The van der Waals surface area contributed by atoms with Gasteiger partial charge in [-0.2, -0.15) is 4.31 Å². The summed E-state index contributed by atoms with van der Waals surface area (Å²) in [5.41, 5.74) is 1.95. The van der Waals surface area contributed by atoms with Crippen LogP contribution in [0.15, 0.2) is 59.6 Å². The standard InChI is InChI=1S/C22H23N3O4S/c1-16(26)17-5-4-6-18(13-17)30(28,29)25-11-9-24(10-12-25)15-22(27)20-14-23-21-8-3-2-7-19(20)21/h2-8,13-14,23H,9-12,15H2,1H3. The van der Waals surface area contributed by atoms with E-state index < -0.39 is 10.0 Å². The maximum atomic E-state index is 12.9. The highest BCUT2D eigenvalue weighted by Gasteiger charge is 2.29. The number of para-hydroxylation sites is 1. The van der Waals surface area contributed by atoms with Crippen molar-refractivity contribution in [3.05, 3.63) is 65.9 Å². The SMILES string of the molecule is CC(=O)c1cccc(S(=O)(=O)N2CCN(CC(=O)c3c[nH]c4ccccc34)CC2)c1. The maximum Gasteiger partial charge on any atom is 0.243 e. The molecule has 0 atom stereocenters. The number of carbonyl (C=O) groups is 2. The van der Waals surface area contributed by atoms with Gasteiger partial charge in [-0.3, -0.25) is 14.5 Å². The van der Waals surface area contributed by atoms with Crippen molar-refractivity contribution in [2.45, 2.75) is 11.8 Å². The topological polar surface area (TPSA) is 90.6 Å². The third kappa shape index (κ3) is 3.94. The monoisotopic (exact) mass is 425 g/mol. The van der Waals surface area contributed by atoms with E-state index in [2.05, 4.69) is 4.98 Å². The molecule has 0 spiro atoms. The van der Waals surface area contributed by atoms with E-state index in [4.69, 9.17) is 0 Å². The molecule has 0 unspecified atom stereocenters. The summed E-state index contributed by atoms with van der Waals surface area (Å²) in [7, 11) is -3.68. The number of fused-ring (bicyclic) bond motifs is 1. The summed E-state index contributed by atoms with van der Waals surface area (Å²) in [6, 6.07) is 13.8. The van der Waals surface area contributed by atoms with Crippen LogP contribution in [-0.2, 0) is 10.0 Å². The zero-order chi connectivity index (χ0) is 21.3. The minimum Gasteiger partial charge on any atom is -0.360 e. The van der Waals surface area contributed by atoms with Gasteiger partial charge >= 0.3 is 0 Å². The van der Waals surface area contributed by atoms with Crippen molar-refractivity contribution in [1.29, 1.82) is 0 Å². The highest BCUT2D eigenvalue weighted by Crippen LogP contribution is 2.21. The summed E-state index contributed by atoms with van der Waals surface area (Å²) < 4.78 is 27.3. The predicted octanol–water partition coefficient (Wildman–Crippen LogP) is 2.56. The Bertz CT molecular complexity index is 1210. The quantitative estimate of drug-likeness (QED) is 0.613. The lowest BCUT2D eigenvalue weighted by molar-refractivity contribution is 0.0903. The Kier molecular flexibility index (Phi) is 5.55. The van der Waals surface area contributed by atoms with Crippen LogP contribution in [0.25, 0.3) is 10.9 Å². The van der Waals surface area contributed by atoms with E-state index in [1.54, 1.807) is 18.3 Å². The van der Waals surface area contributed by atoms with Crippen molar-refractivity contribution >= 4 is 32.5 Å². The van der Waals surface area contributed by atoms with Crippen LogP contribution in [0.1, 0.15) is 27.6 Å². The average Bonchev–Trinajstić information content (AvgIpc) is 3.18. The van der Waals surface area contributed by atoms with Crippen LogP contribution in [0.4, 0.5) is 0 Å². The van der Waals surface area contributed by atoms with Gasteiger partial charge in [-0.25, -0.2) is 8.42 Å². The highest BCUT2D eigenvalue weighted by atomic mass is 32.2. The van der Waals surface area contributed by atoms with E-state index in [9.17, 15) is 18.0 Å². The molecule has 0 radical (unpaired) electrons. The molecule has 30 heavy (non-hydrogen) atoms. The second-order valence-corrected chi connectivity index (χ2v) is 9.37. The first-order valence-electron chi connectivity index (χ1n) is 9.79. The molecule has 1 aliphatic rings. The van der Waals surface area contributed by atoms with Crippen molar-refractivity contribution in [1.82, 2.24) is 14.2 Å². The maximum absolute atomic E-state index is 12.9. The number of ketones is 2. The largest absolute Gasteiger partial charge is 0.360 e. The molecule has 1 aliphatic heterocycles. The lowest BCUT2D eigenvalue weighted by Gasteiger charge is -2.33. The number of nitrogens with one attached hydrogen (secondary N) is 1. The molecular weight excluding hydrogens is 402 g/mol. The molecule has 3 aromatic rings. The Hall–Kier alpha value is -2.81. The normalized spacial score (nSPS) is 16.0. The van der Waals surface area contributed by atoms with Gasteiger partial charge in [-0.1, -0.05) is 30.3 Å². The number of piperazine rings is 1. The van der Waals surface area contributed by atoms with Crippen LogP contribution in [-0.4, -0.2) is 66.9 Å². The summed E-state index contributed by atoms with van der Waals surface area (Å²) in [6.07, 6.45) is 1.73. The smallest absolute Gasteiger partial charge is 0.243 e. The second kappa shape index (κ2) is 8.14. The van der Waals surface area contributed by atoms with Crippen LogP contribution < -0.4 is 0 Å². The molecule has 1 fully saturated rings. The number of hydrogen-bond donors (Lipinski definition) is 1. The lowest BCUT2D eigenvalue weighted by atomic mass is 10.1. The second-order valence-electron chi connectivity index (χ2n) is 7.44. The molecule has 8 heteroatoms. The Balaban J connectivity index is 1.42. The molecule has 4 rings (SSSR count). The van der Waals surface area contributed by atoms with E-state index in [-0.39, 0.29) is 23.0 Å². The first kappa shape index (κ1) is 20.5. The fraction of sp³-hybridized carbons (Fsp3) is 0.273. The number of aromatic amines is 1. The third-order valence-corrected chi connectivity index (χ3v) is 7.36. The number of hydrogen-bond acceptors (Lipinski definition) is 5. The van der Waals surface area contributed by atoms with Gasteiger partial charge < -0.3 is 4.98 Å². The third-order valence-electron chi connectivity index (χ3n) is 5.47. The molecular formula is C22H23N3O4S. The number of benzene rings is 2. The van der Waals surface area contributed by atoms with Gasteiger partial charge in [0.2, 0.25) is 10.0 Å². The van der Waals surface area contributed by atoms with Gasteiger partial charge in [0.05, 0.1) is 11.4 Å². The molecule has 0 bridgehead atoms. The Morgan fingerprint density at radius 1 is 1.00 bits per heavy atom. The zero-order valence-electron chi connectivity index (χ0n) is 16.7. The van der Waals surface area contributed by atoms with Crippen molar-refractivity contribution < 1.29 is 18.0 Å².